The zero-order valence-corrected chi connectivity index (χ0v) is 14.9. The lowest BCUT2D eigenvalue weighted by Crippen LogP contribution is -2.13. The number of aliphatic hydroxyl groups is 1. The van der Waals surface area contributed by atoms with E-state index in [0.29, 0.717) is 0 Å². The Morgan fingerprint density at radius 1 is 0.727 bits per heavy atom. The number of aryl methyl sites for hydroxylation is 2. The molecule has 1 nitrogen and oxygen atoms in total. The fourth-order valence-corrected chi connectivity index (χ4v) is 4.06. The molecule has 2 aromatic carbocycles. The highest BCUT2D eigenvalue weighted by atomic mass is 32.2. The van der Waals surface area contributed by atoms with Crippen LogP contribution in [0.4, 0.5) is 0 Å². The summed E-state index contributed by atoms with van der Waals surface area (Å²) in [6.45, 7) is 4.21. The minimum absolute atomic E-state index is 0.231. The maximum atomic E-state index is 10.1. The van der Waals surface area contributed by atoms with Gasteiger partial charge in [-0.25, -0.2) is 0 Å². The predicted octanol–water partition coefficient (Wildman–Crippen LogP) is 4.83. The summed E-state index contributed by atoms with van der Waals surface area (Å²) in [7, 11) is 0. The molecule has 0 spiro atoms. The third kappa shape index (κ3) is 6.47. The van der Waals surface area contributed by atoms with Gasteiger partial charge in [-0.2, -0.15) is 23.5 Å². The van der Waals surface area contributed by atoms with Crippen molar-refractivity contribution in [3.05, 3.63) is 70.8 Å². The molecule has 0 saturated carbocycles. The summed E-state index contributed by atoms with van der Waals surface area (Å²) in [5.74, 6) is 3.55. The van der Waals surface area contributed by atoms with Gasteiger partial charge in [0.15, 0.2) is 0 Å². The Labute approximate surface area is 142 Å². The van der Waals surface area contributed by atoms with Gasteiger partial charge in [0.2, 0.25) is 0 Å². The van der Waals surface area contributed by atoms with Crippen LogP contribution in [0.25, 0.3) is 0 Å². The van der Waals surface area contributed by atoms with E-state index in [4.69, 9.17) is 0 Å². The van der Waals surface area contributed by atoms with E-state index in [2.05, 4.69) is 62.4 Å². The van der Waals surface area contributed by atoms with Gasteiger partial charge in [0, 0.05) is 23.0 Å². The van der Waals surface area contributed by atoms with Crippen LogP contribution in [0.5, 0.6) is 0 Å². The van der Waals surface area contributed by atoms with E-state index >= 15 is 0 Å². The predicted molar refractivity (Wildman–Crippen MR) is 101 cm³/mol. The molecule has 0 bridgehead atoms. The summed E-state index contributed by atoms with van der Waals surface area (Å²) >= 11 is 3.61. The first-order chi connectivity index (χ1) is 10.6. The molecule has 0 aliphatic carbocycles. The monoisotopic (exact) mass is 332 g/mol. The van der Waals surface area contributed by atoms with Crippen LogP contribution in [0.1, 0.15) is 22.3 Å². The number of rotatable bonds is 8. The van der Waals surface area contributed by atoms with Crippen LogP contribution >= 0.6 is 23.5 Å². The molecular weight excluding hydrogens is 308 g/mol. The van der Waals surface area contributed by atoms with Crippen molar-refractivity contribution in [1.29, 1.82) is 0 Å². The maximum absolute atomic E-state index is 10.1. The maximum Gasteiger partial charge on any atom is 0.0721 e. The van der Waals surface area contributed by atoms with Crippen molar-refractivity contribution in [1.82, 2.24) is 0 Å². The highest BCUT2D eigenvalue weighted by molar-refractivity contribution is 7.99. The number of thioether (sulfide) groups is 2. The molecule has 3 heteroatoms. The summed E-state index contributed by atoms with van der Waals surface area (Å²) in [6, 6.07) is 17.2. The van der Waals surface area contributed by atoms with Crippen molar-refractivity contribution < 1.29 is 5.11 Å². The smallest absolute Gasteiger partial charge is 0.0721 e. The standard InChI is InChI=1S/C19H24OS2/c1-15-3-7-17(8-4-15)11-21-13-19(20)14-22-12-18-9-5-16(2)6-10-18/h3-10,19-20H,11-14H2,1-2H3. The van der Waals surface area contributed by atoms with Crippen molar-refractivity contribution in [2.24, 2.45) is 0 Å². The lowest BCUT2D eigenvalue weighted by atomic mass is 10.2. The topological polar surface area (TPSA) is 20.2 Å². The van der Waals surface area contributed by atoms with Crippen LogP contribution in [-0.2, 0) is 11.5 Å². The summed E-state index contributed by atoms with van der Waals surface area (Å²) in [6.07, 6.45) is -0.231. The van der Waals surface area contributed by atoms with E-state index in [1.165, 1.54) is 22.3 Å². The molecule has 0 saturated heterocycles. The number of aliphatic hydroxyl groups excluding tert-OH is 1. The molecule has 0 aliphatic heterocycles. The van der Waals surface area contributed by atoms with Crippen LogP contribution in [0.2, 0.25) is 0 Å². The van der Waals surface area contributed by atoms with Crippen LogP contribution in [0, 0.1) is 13.8 Å². The van der Waals surface area contributed by atoms with E-state index in [1.54, 1.807) is 23.5 Å². The van der Waals surface area contributed by atoms with Gasteiger partial charge in [0.25, 0.3) is 0 Å². The Balaban J connectivity index is 1.60. The first-order valence-corrected chi connectivity index (χ1v) is 9.89. The molecule has 0 unspecified atom stereocenters. The van der Waals surface area contributed by atoms with Crippen molar-refractivity contribution in [2.75, 3.05) is 11.5 Å². The Kier molecular flexibility index (Phi) is 7.37. The van der Waals surface area contributed by atoms with Crippen molar-refractivity contribution in [3.63, 3.8) is 0 Å². The average Bonchev–Trinajstić information content (AvgIpc) is 2.51. The average molecular weight is 333 g/mol. The van der Waals surface area contributed by atoms with Gasteiger partial charge in [-0.05, 0) is 25.0 Å². The minimum Gasteiger partial charge on any atom is -0.391 e. The normalized spacial score (nSPS) is 11.1. The lowest BCUT2D eigenvalue weighted by Gasteiger charge is -2.10. The zero-order chi connectivity index (χ0) is 15.8. The van der Waals surface area contributed by atoms with Crippen molar-refractivity contribution in [3.8, 4) is 0 Å². The molecule has 0 fully saturated rings. The zero-order valence-electron chi connectivity index (χ0n) is 13.3. The van der Waals surface area contributed by atoms with Crippen molar-refractivity contribution >= 4 is 23.5 Å². The number of hydrogen-bond donors (Lipinski definition) is 1. The van der Waals surface area contributed by atoms with E-state index in [0.717, 1.165) is 23.0 Å². The highest BCUT2D eigenvalue weighted by Gasteiger charge is 2.05. The van der Waals surface area contributed by atoms with E-state index in [1.807, 2.05) is 0 Å². The van der Waals surface area contributed by atoms with Crippen LogP contribution < -0.4 is 0 Å². The molecular formula is C19H24OS2. The minimum atomic E-state index is -0.231. The SMILES string of the molecule is Cc1ccc(CSCC(O)CSCc2ccc(C)cc2)cc1. The lowest BCUT2D eigenvalue weighted by molar-refractivity contribution is 0.225. The second-order valence-corrected chi connectivity index (χ2v) is 7.72. The molecule has 1 N–H and O–H groups in total. The van der Waals surface area contributed by atoms with Gasteiger partial charge in [0.1, 0.15) is 0 Å². The van der Waals surface area contributed by atoms with Gasteiger partial charge in [-0.1, -0.05) is 59.7 Å². The molecule has 0 radical (unpaired) electrons. The molecule has 2 rings (SSSR count). The van der Waals surface area contributed by atoms with Gasteiger partial charge in [-0.3, -0.25) is 0 Å². The quantitative estimate of drug-likeness (QED) is 0.747. The molecule has 0 amide bonds. The van der Waals surface area contributed by atoms with Gasteiger partial charge in [-0.15, -0.1) is 0 Å². The third-order valence-corrected chi connectivity index (χ3v) is 5.72. The van der Waals surface area contributed by atoms with Crippen molar-refractivity contribution in [2.45, 2.75) is 31.5 Å². The number of hydrogen-bond acceptors (Lipinski definition) is 3. The summed E-state index contributed by atoms with van der Waals surface area (Å²) in [4.78, 5) is 0. The van der Waals surface area contributed by atoms with Crippen LogP contribution in [0.15, 0.2) is 48.5 Å². The summed E-state index contributed by atoms with van der Waals surface area (Å²) < 4.78 is 0. The first kappa shape index (κ1) is 17.5. The molecule has 0 aliphatic rings. The molecule has 0 heterocycles. The third-order valence-electron chi connectivity index (χ3n) is 3.40. The van der Waals surface area contributed by atoms with Gasteiger partial charge < -0.3 is 5.11 Å². The van der Waals surface area contributed by atoms with E-state index in [-0.39, 0.29) is 6.10 Å². The Morgan fingerprint density at radius 3 is 1.45 bits per heavy atom. The van der Waals surface area contributed by atoms with Gasteiger partial charge in [0.05, 0.1) is 6.10 Å². The van der Waals surface area contributed by atoms with Crippen LogP contribution in [0.3, 0.4) is 0 Å². The highest BCUT2D eigenvalue weighted by Crippen LogP contribution is 2.18. The Bertz CT molecular complexity index is 497. The molecule has 2 aromatic rings. The molecule has 22 heavy (non-hydrogen) atoms. The fourth-order valence-electron chi connectivity index (χ4n) is 2.04. The summed E-state index contributed by atoms with van der Waals surface area (Å²) in [5.41, 5.74) is 5.24. The molecule has 118 valence electrons. The fraction of sp³-hybridized carbons (Fsp3) is 0.368. The Morgan fingerprint density at radius 2 is 1.09 bits per heavy atom. The second-order valence-electron chi connectivity index (χ2n) is 5.66. The molecule has 0 aromatic heterocycles. The molecule has 0 atom stereocenters. The number of benzene rings is 2. The van der Waals surface area contributed by atoms with E-state index in [9.17, 15) is 5.11 Å². The second kappa shape index (κ2) is 9.29. The van der Waals surface area contributed by atoms with E-state index < -0.39 is 0 Å². The largest absolute Gasteiger partial charge is 0.391 e. The summed E-state index contributed by atoms with van der Waals surface area (Å²) in [5, 5.41) is 10.1. The first-order valence-electron chi connectivity index (χ1n) is 7.58. The van der Waals surface area contributed by atoms with Crippen LogP contribution in [-0.4, -0.2) is 22.7 Å². The Hall–Kier alpha value is -0.900. The van der Waals surface area contributed by atoms with Gasteiger partial charge >= 0.3 is 0 Å².